The number of amides is 1. The normalized spacial score (nSPS) is 15.1. The van der Waals surface area contributed by atoms with Crippen LogP contribution in [-0.4, -0.2) is 52.0 Å². The van der Waals surface area contributed by atoms with E-state index in [9.17, 15) is 9.18 Å². The van der Waals surface area contributed by atoms with E-state index < -0.39 is 0 Å². The molecule has 1 aliphatic heterocycles. The summed E-state index contributed by atoms with van der Waals surface area (Å²) in [6.45, 7) is 5.27. The molecule has 0 aliphatic carbocycles. The van der Waals surface area contributed by atoms with Crippen LogP contribution in [0.1, 0.15) is 17.0 Å². The highest BCUT2D eigenvalue weighted by molar-refractivity contribution is 5.91. The molecule has 0 saturated carbocycles. The van der Waals surface area contributed by atoms with Gasteiger partial charge in [-0.3, -0.25) is 9.69 Å². The van der Waals surface area contributed by atoms with Crippen LogP contribution in [-0.2, 0) is 11.3 Å². The number of halogens is 1. The Kier molecular flexibility index (Phi) is 5.99. The minimum atomic E-state index is -0.315. The molecule has 0 atom stereocenters. The van der Waals surface area contributed by atoms with E-state index in [1.165, 1.54) is 23.8 Å². The van der Waals surface area contributed by atoms with E-state index in [0.29, 0.717) is 36.9 Å². The number of aromatic nitrogens is 2. The number of carbonyl (C=O) groups excluding carboxylic acids is 1. The first kappa shape index (κ1) is 20.0. The van der Waals surface area contributed by atoms with Gasteiger partial charge in [-0.2, -0.15) is 4.98 Å². The topological polar surface area (TPSA) is 62.5 Å². The van der Waals surface area contributed by atoms with Gasteiger partial charge in [-0.1, -0.05) is 47.1 Å². The van der Waals surface area contributed by atoms with Gasteiger partial charge in [0.25, 0.3) is 0 Å². The number of rotatable bonds is 5. The summed E-state index contributed by atoms with van der Waals surface area (Å²) in [5.74, 6) is 0.765. The summed E-state index contributed by atoms with van der Waals surface area (Å²) in [5, 5.41) is 4.07. The van der Waals surface area contributed by atoms with E-state index in [-0.39, 0.29) is 11.7 Å². The fourth-order valence-electron chi connectivity index (χ4n) is 3.34. The predicted molar refractivity (Wildman–Crippen MR) is 112 cm³/mol. The van der Waals surface area contributed by atoms with Crippen molar-refractivity contribution in [3.8, 4) is 11.4 Å². The maximum absolute atomic E-state index is 13.2. The van der Waals surface area contributed by atoms with Crippen LogP contribution in [0.25, 0.3) is 17.5 Å². The Balaban J connectivity index is 1.28. The molecule has 6 nitrogen and oxygen atoms in total. The van der Waals surface area contributed by atoms with E-state index >= 15 is 0 Å². The zero-order chi connectivity index (χ0) is 20.9. The molecule has 0 radical (unpaired) electrons. The molecule has 2 aromatic carbocycles. The van der Waals surface area contributed by atoms with Crippen LogP contribution >= 0.6 is 0 Å². The predicted octanol–water partition coefficient (Wildman–Crippen LogP) is 3.54. The van der Waals surface area contributed by atoms with Gasteiger partial charge in [0, 0.05) is 37.8 Å². The van der Waals surface area contributed by atoms with Crippen LogP contribution in [0, 0.1) is 12.7 Å². The molecule has 0 unspecified atom stereocenters. The van der Waals surface area contributed by atoms with Crippen molar-refractivity contribution in [3.63, 3.8) is 0 Å². The number of hydrogen-bond acceptors (Lipinski definition) is 5. The number of piperazine rings is 1. The van der Waals surface area contributed by atoms with Crippen molar-refractivity contribution < 1.29 is 13.7 Å². The Bertz CT molecular complexity index is 1040. The average molecular weight is 406 g/mol. The maximum Gasteiger partial charge on any atom is 0.246 e. The van der Waals surface area contributed by atoms with Gasteiger partial charge in [-0.05, 0) is 30.7 Å². The quantitative estimate of drug-likeness (QED) is 0.607. The summed E-state index contributed by atoms with van der Waals surface area (Å²) in [6.07, 6.45) is 3.14. The molecule has 4 rings (SSSR count). The molecule has 154 valence electrons. The van der Waals surface area contributed by atoms with Gasteiger partial charge in [0.05, 0.1) is 6.54 Å². The Morgan fingerprint density at radius 1 is 1.13 bits per heavy atom. The molecule has 1 fully saturated rings. The second-order valence-corrected chi connectivity index (χ2v) is 7.37. The Morgan fingerprint density at radius 2 is 1.90 bits per heavy atom. The zero-order valence-electron chi connectivity index (χ0n) is 16.8. The number of benzene rings is 2. The van der Waals surface area contributed by atoms with Gasteiger partial charge >= 0.3 is 0 Å². The summed E-state index contributed by atoms with van der Waals surface area (Å²) >= 11 is 0. The highest BCUT2D eigenvalue weighted by atomic mass is 19.1. The number of nitrogens with zero attached hydrogens (tertiary/aromatic N) is 4. The van der Waals surface area contributed by atoms with E-state index in [4.69, 9.17) is 4.52 Å². The van der Waals surface area contributed by atoms with Crippen LogP contribution < -0.4 is 0 Å². The molecule has 2 heterocycles. The lowest BCUT2D eigenvalue weighted by Gasteiger charge is -2.33. The largest absolute Gasteiger partial charge is 0.338 e. The maximum atomic E-state index is 13.2. The number of hydrogen-bond donors (Lipinski definition) is 0. The molecule has 0 N–H and O–H groups in total. The zero-order valence-corrected chi connectivity index (χ0v) is 16.8. The van der Waals surface area contributed by atoms with Crippen LogP contribution in [0.15, 0.2) is 59.1 Å². The molecule has 0 bridgehead atoms. The van der Waals surface area contributed by atoms with Crippen molar-refractivity contribution in [1.29, 1.82) is 0 Å². The van der Waals surface area contributed by atoms with E-state index in [1.54, 1.807) is 23.1 Å². The van der Waals surface area contributed by atoms with Crippen molar-refractivity contribution >= 4 is 12.0 Å². The Morgan fingerprint density at radius 3 is 2.63 bits per heavy atom. The second kappa shape index (κ2) is 9.00. The average Bonchev–Trinajstić information content (AvgIpc) is 3.21. The first-order chi connectivity index (χ1) is 14.6. The molecule has 7 heteroatoms. The minimum absolute atomic E-state index is 0.0710. The van der Waals surface area contributed by atoms with E-state index in [2.05, 4.69) is 15.0 Å². The third-order valence-electron chi connectivity index (χ3n) is 5.09. The smallest absolute Gasteiger partial charge is 0.246 e. The molecule has 1 amide bonds. The van der Waals surface area contributed by atoms with Gasteiger partial charge in [0.2, 0.25) is 17.6 Å². The number of aryl methyl sites for hydroxylation is 1. The van der Waals surface area contributed by atoms with E-state index in [0.717, 1.165) is 18.7 Å². The second-order valence-electron chi connectivity index (χ2n) is 7.37. The molecular formula is C23H23FN4O2. The molecule has 30 heavy (non-hydrogen) atoms. The van der Waals surface area contributed by atoms with Gasteiger partial charge in [-0.15, -0.1) is 0 Å². The fourth-order valence-corrected chi connectivity index (χ4v) is 3.34. The Hall–Kier alpha value is -3.32. The number of carbonyl (C=O) groups is 1. The van der Waals surface area contributed by atoms with Crippen LogP contribution in [0.4, 0.5) is 4.39 Å². The van der Waals surface area contributed by atoms with Crippen molar-refractivity contribution in [2.45, 2.75) is 13.5 Å². The molecule has 0 spiro atoms. The van der Waals surface area contributed by atoms with Crippen LogP contribution in [0.2, 0.25) is 0 Å². The summed E-state index contributed by atoms with van der Waals surface area (Å²) in [7, 11) is 0. The molecule has 1 saturated heterocycles. The highest BCUT2D eigenvalue weighted by Crippen LogP contribution is 2.17. The summed E-state index contributed by atoms with van der Waals surface area (Å²) in [6, 6.07) is 14.2. The van der Waals surface area contributed by atoms with Crippen LogP contribution in [0.3, 0.4) is 0 Å². The third-order valence-corrected chi connectivity index (χ3v) is 5.09. The lowest BCUT2D eigenvalue weighted by molar-refractivity contribution is -0.127. The van der Waals surface area contributed by atoms with Crippen molar-refractivity contribution in [1.82, 2.24) is 19.9 Å². The Labute approximate surface area is 174 Å². The van der Waals surface area contributed by atoms with Crippen molar-refractivity contribution in [2.75, 3.05) is 26.2 Å². The summed E-state index contributed by atoms with van der Waals surface area (Å²) < 4.78 is 18.6. The SMILES string of the molecule is Cc1ccc(-c2noc(CN3CCN(C(=O)/C=C/c4cccc(F)c4)CC3)n2)cc1. The van der Waals surface area contributed by atoms with Crippen LogP contribution in [0.5, 0.6) is 0 Å². The molecular weight excluding hydrogens is 383 g/mol. The lowest BCUT2D eigenvalue weighted by Crippen LogP contribution is -2.47. The van der Waals surface area contributed by atoms with Gasteiger partial charge < -0.3 is 9.42 Å². The summed E-state index contributed by atoms with van der Waals surface area (Å²) in [5.41, 5.74) is 2.78. The summed E-state index contributed by atoms with van der Waals surface area (Å²) in [4.78, 5) is 20.9. The van der Waals surface area contributed by atoms with Crippen molar-refractivity contribution in [2.24, 2.45) is 0 Å². The minimum Gasteiger partial charge on any atom is -0.338 e. The van der Waals surface area contributed by atoms with Gasteiger partial charge in [-0.25, -0.2) is 4.39 Å². The molecule has 1 aromatic heterocycles. The monoisotopic (exact) mass is 406 g/mol. The van der Waals surface area contributed by atoms with Gasteiger partial charge in [0.15, 0.2) is 0 Å². The lowest BCUT2D eigenvalue weighted by atomic mass is 10.1. The first-order valence-electron chi connectivity index (χ1n) is 9.91. The first-order valence-corrected chi connectivity index (χ1v) is 9.91. The van der Waals surface area contributed by atoms with E-state index in [1.807, 2.05) is 31.2 Å². The molecule has 3 aromatic rings. The fraction of sp³-hybridized carbons (Fsp3) is 0.261. The standard InChI is InChI=1S/C23H23FN4O2/c1-17-5-8-19(9-6-17)23-25-21(30-26-23)16-27-11-13-28(14-12-27)22(29)10-7-18-3-2-4-20(24)15-18/h2-10,15H,11-14,16H2,1H3/b10-7+. The highest BCUT2D eigenvalue weighted by Gasteiger charge is 2.21. The van der Waals surface area contributed by atoms with Crippen molar-refractivity contribution in [3.05, 3.63) is 77.4 Å². The molecule has 1 aliphatic rings. The third kappa shape index (κ3) is 4.99. The van der Waals surface area contributed by atoms with Gasteiger partial charge in [0.1, 0.15) is 5.82 Å².